The molecule has 2 heterocycles. The highest BCUT2D eigenvalue weighted by molar-refractivity contribution is 8.18. The molecule has 1 fully saturated rings. The van der Waals surface area contributed by atoms with Crippen LogP contribution in [-0.2, 0) is 4.79 Å². The standard InChI is InChI=1S/C22H18N2O2S2/c1-24-21(25)20(28-22(24)23-16-6-4-3-5-7-16)14-18-12-13-19(27-18)15-8-10-17(26-2)11-9-15/h3-14H,1-2H3/b20-14-,23-22?. The smallest absolute Gasteiger partial charge is 0.266 e. The van der Waals surface area contributed by atoms with Crippen molar-refractivity contribution in [3.8, 4) is 16.2 Å². The minimum Gasteiger partial charge on any atom is -0.497 e. The topological polar surface area (TPSA) is 41.9 Å². The van der Waals surface area contributed by atoms with Gasteiger partial charge in [-0.15, -0.1) is 11.3 Å². The molecule has 0 bridgehead atoms. The number of carbonyl (C=O) groups excluding carboxylic acids is 1. The Kier molecular flexibility index (Phi) is 5.32. The summed E-state index contributed by atoms with van der Waals surface area (Å²) in [5.74, 6) is 0.808. The van der Waals surface area contributed by atoms with E-state index in [4.69, 9.17) is 4.74 Å². The first-order chi connectivity index (χ1) is 13.6. The molecule has 4 nitrogen and oxygen atoms in total. The van der Waals surface area contributed by atoms with Crippen LogP contribution < -0.4 is 4.74 Å². The maximum absolute atomic E-state index is 12.6. The second kappa shape index (κ2) is 8.04. The van der Waals surface area contributed by atoms with Crippen LogP contribution in [0.5, 0.6) is 5.75 Å². The Bertz CT molecular complexity index is 1050. The lowest BCUT2D eigenvalue weighted by atomic mass is 10.2. The minimum atomic E-state index is -0.0286. The Morgan fingerprint density at radius 2 is 1.75 bits per heavy atom. The monoisotopic (exact) mass is 406 g/mol. The van der Waals surface area contributed by atoms with Crippen LogP contribution in [0.1, 0.15) is 4.88 Å². The van der Waals surface area contributed by atoms with E-state index in [1.807, 2.05) is 66.7 Å². The maximum atomic E-state index is 12.6. The number of methoxy groups -OCH3 is 1. The maximum Gasteiger partial charge on any atom is 0.266 e. The number of aliphatic imine (C=N–C) groups is 1. The summed E-state index contributed by atoms with van der Waals surface area (Å²) in [6.07, 6.45) is 1.94. The third-order valence-electron chi connectivity index (χ3n) is 4.26. The van der Waals surface area contributed by atoms with Gasteiger partial charge in [-0.2, -0.15) is 0 Å². The van der Waals surface area contributed by atoms with Gasteiger partial charge in [0.25, 0.3) is 5.91 Å². The summed E-state index contributed by atoms with van der Waals surface area (Å²) in [5.41, 5.74) is 1.97. The highest BCUT2D eigenvalue weighted by Gasteiger charge is 2.30. The van der Waals surface area contributed by atoms with Gasteiger partial charge in [0.2, 0.25) is 0 Å². The largest absolute Gasteiger partial charge is 0.497 e. The summed E-state index contributed by atoms with van der Waals surface area (Å²) in [5, 5.41) is 0.689. The molecule has 4 rings (SSSR count). The Balaban J connectivity index is 1.56. The van der Waals surface area contributed by atoms with E-state index in [0.717, 1.165) is 26.8 Å². The van der Waals surface area contributed by atoms with Gasteiger partial charge in [0.1, 0.15) is 5.75 Å². The molecule has 0 saturated carbocycles. The summed E-state index contributed by atoms with van der Waals surface area (Å²) in [4.78, 5) is 21.7. The van der Waals surface area contributed by atoms with Crippen molar-refractivity contribution in [1.82, 2.24) is 4.90 Å². The van der Waals surface area contributed by atoms with Gasteiger partial charge < -0.3 is 4.74 Å². The lowest BCUT2D eigenvalue weighted by molar-refractivity contribution is -0.121. The second-order valence-corrected chi connectivity index (χ2v) is 8.26. The molecule has 0 radical (unpaired) electrons. The van der Waals surface area contributed by atoms with Crippen LogP contribution in [0, 0.1) is 0 Å². The van der Waals surface area contributed by atoms with Crippen molar-refractivity contribution in [3.05, 3.63) is 76.5 Å². The molecule has 6 heteroatoms. The third kappa shape index (κ3) is 3.88. The van der Waals surface area contributed by atoms with E-state index < -0.39 is 0 Å². The summed E-state index contributed by atoms with van der Waals surface area (Å²) in [6.45, 7) is 0. The van der Waals surface area contributed by atoms with Crippen LogP contribution in [0.15, 0.2) is 76.6 Å². The average Bonchev–Trinajstić information content (AvgIpc) is 3.30. The highest BCUT2D eigenvalue weighted by atomic mass is 32.2. The number of para-hydroxylation sites is 1. The predicted octanol–water partition coefficient (Wildman–Crippen LogP) is 5.66. The molecule has 0 unspecified atom stereocenters. The van der Waals surface area contributed by atoms with Gasteiger partial charge in [-0.25, -0.2) is 4.99 Å². The first-order valence-electron chi connectivity index (χ1n) is 8.69. The van der Waals surface area contributed by atoms with Gasteiger partial charge in [-0.3, -0.25) is 9.69 Å². The van der Waals surface area contributed by atoms with Crippen LogP contribution in [0.4, 0.5) is 5.69 Å². The van der Waals surface area contributed by atoms with Gasteiger partial charge in [0.05, 0.1) is 17.7 Å². The number of carbonyl (C=O) groups is 1. The molecule has 0 atom stereocenters. The van der Waals surface area contributed by atoms with E-state index in [0.29, 0.717) is 10.1 Å². The van der Waals surface area contributed by atoms with Crippen molar-refractivity contribution in [2.24, 2.45) is 4.99 Å². The zero-order valence-electron chi connectivity index (χ0n) is 15.5. The molecular formula is C22H18N2O2S2. The van der Waals surface area contributed by atoms with Gasteiger partial charge in [0.15, 0.2) is 5.17 Å². The van der Waals surface area contributed by atoms with E-state index in [9.17, 15) is 4.79 Å². The number of rotatable bonds is 4. The first kappa shape index (κ1) is 18.5. The quantitative estimate of drug-likeness (QED) is 0.525. The molecule has 0 aliphatic carbocycles. The molecule has 1 aliphatic heterocycles. The zero-order valence-corrected chi connectivity index (χ0v) is 17.1. The average molecular weight is 407 g/mol. The highest BCUT2D eigenvalue weighted by Crippen LogP contribution is 2.36. The lowest BCUT2D eigenvalue weighted by Gasteiger charge is -2.06. The molecule has 140 valence electrons. The van der Waals surface area contributed by atoms with Crippen LogP contribution in [0.3, 0.4) is 0 Å². The zero-order chi connectivity index (χ0) is 19.5. The molecular weight excluding hydrogens is 388 g/mol. The third-order valence-corrected chi connectivity index (χ3v) is 6.40. The van der Waals surface area contributed by atoms with E-state index >= 15 is 0 Å². The minimum absolute atomic E-state index is 0.0286. The molecule has 1 aromatic heterocycles. The van der Waals surface area contributed by atoms with Gasteiger partial charge in [-0.05, 0) is 71.9 Å². The molecule has 1 amide bonds. The summed E-state index contributed by atoms with van der Waals surface area (Å²) < 4.78 is 5.21. The fourth-order valence-corrected chi connectivity index (χ4v) is 4.74. The Morgan fingerprint density at radius 3 is 2.46 bits per heavy atom. The molecule has 1 aliphatic rings. The van der Waals surface area contributed by atoms with Crippen LogP contribution in [-0.4, -0.2) is 30.1 Å². The summed E-state index contributed by atoms with van der Waals surface area (Å²) in [7, 11) is 3.42. The van der Waals surface area contributed by atoms with E-state index in [-0.39, 0.29) is 5.91 Å². The molecule has 0 N–H and O–H groups in total. The number of ether oxygens (including phenoxy) is 1. The molecule has 0 spiro atoms. The Labute approximate surface area is 172 Å². The van der Waals surface area contributed by atoms with Crippen molar-refractivity contribution in [2.45, 2.75) is 0 Å². The number of amides is 1. The van der Waals surface area contributed by atoms with Crippen molar-refractivity contribution in [1.29, 1.82) is 0 Å². The number of hydrogen-bond donors (Lipinski definition) is 0. The Hall–Kier alpha value is -2.83. The lowest BCUT2D eigenvalue weighted by Crippen LogP contribution is -2.23. The first-order valence-corrected chi connectivity index (χ1v) is 10.3. The summed E-state index contributed by atoms with van der Waals surface area (Å²) in [6, 6.07) is 21.8. The van der Waals surface area contributed by atoms with Crippen molar-refractivity contribution in [2.75, 3.05) is 14.2 Å². The van der Waals surface area contributed by atoms with Gasteiger partial charge in [-0.1, -0.05) is 18.2 Å². The number of benzene rings is 2. The number of amidine groups is 1. The van der Waals surface area contributed by atoms with Crippen LogP contribution in [0.2, 0.25) is 0 Å². The molecule has 1 saturated heterocycles. The summed E-state index contributed by atoms with van der Waals surface area (Å²) >= 11 is 3.06. The number of thiophene rings is 1. The molecule has 28 heavy (non-hydrogen) atoms. The number of hydrogen-bond acceptors (Lipinski definition) is 5. The predicted molar refractivity (Wildman–Crippen MR) is 118 cm³/mol. The SMILES string of the molecule is COc1ccc(-c2ccc(/C=C3\SC(=Nc4ccccc4)N(C)C3=O)s2)cc1. The molecule has 2 aromatic carbocycles. The molecule has 3 aromatic rings. The van der Waals surface area contributed by atoms with E-state index in [1.54, 1.807) is 30.4 Å². The van der Waals surface area contributed by atoms with Crippen LogP contribution >= 0.6 is 23.1 Å². The van der Waals surface area contributed by atoms with E-state index in [1.165, 1.54) is 11.8 Å². The number of thioether (sulfide) groups is 1. The number of likely N-dealkylation sites (N-methyl/N-ethyl adjacent to an activating group) is 1. The van der Waals surface area contributed by atoms with Gasteiger partial charge in [0, 0.05) is 16.8 Å². The van der Waals surface area contributed by atoms with Crippen molar-refractivity contribution >= 4 is 45.9 Å². The van der Waals surface area contributed by atoms with E-state index in [2.05, 4.69) is 11.1 Å². The Morgan fingerprint density at radius 1 is 1.00 bits per heavy atom. The number of nitrogens with zero attached hydrogens (tertiary/aromatic N) is 2. The van der Waals surface area contributed by atoms with Crippen LogP contribution in [0.25, 0.3) is 16.5 Å². The normalized spacial score (nSPS) is 16.9. The van der Waals surface area contributed by atoms with Gasteiger partial charge >= 0.3 is 0 Å². The van der Waals surface area contributed by atoms with Crippen molar-refractivity contribution in [3.63, 3.8) is 0 Å². The fraction of sp³-hybridized carbons (Fsp3) is 0.0909. The second-order valence-electron chi connectivity index (χ2n) is 6.14. The fourth-order valence-electron chi connectivity index (χ4n) is 2.73. The van der Waals surface area contributed by atoms with Crippen molar-refractivity contribution < 1.29 is 9.53 Å².